The number of amidine groups is 1. The summed E-state index contributed by atoms with van der Waals surface area (Å²) in [6, 6.07) is 0. The Kier molecular flexibility index (Phi) is 1.02. The summed E-state index contributed by atoms with van der Waals surface area (Å²) in [5.41, 5.74) is 3.28. The van der Waals surface area contributed by atoms with Crippen LogP contribution >= 0.6 is 0 Å². The maximum absolute atomic E-state index is 3.56. The van der Waals surface area contributed by atoms with E-state index in [1.165, 1.54) is 0 Å². The molecule has 0 aromatic rings. The van der Waals surface area contributed by atoms with Gasteiger partial charge in [0.1, 0.15) is 0 Å². The highest BCUT2D eigenvalue weighted by atomic mass is 15.6. The van der Waals surface area contributed by atoms with Crippen molar-refractivity contribution >= 4 is 5.84 Å². The molecule has 1 rings (SSSR count). The van der Waals surface area contributed by atoms with E-state index in [0.29, 0.717) is 5.84 Å². The van der Waals surface area contributed by atoms with Crippen LogP contribution in [0.4, 0.5) is 0 Å². The lowest BCUT2D eigenvalue weighted by Crippen LogP contribution is -1.84. The van der Waals surface area contributed by atoms with E-state index in [-0.39, 0.29) is 0 Å². The normalized spacial score (nSPS) is 16.4. The van der Waals surface area contributed by atoms with Gasteiger partial charge in [0.25, 0.3) is 0 Å². The Morgan fingerprint density at radius 1 is 1.57 bits per heavy atom. The zero-order chi connectivity index (χ0) is 5.11. The number of rotatable bonds is 1. The van der Waals surface area contributed by atoms with Crippen LogP contribution in [0.3, 0.4) is 0 Å². The van der Waals surface area contributed by atoms with Gasteiger partial charge in [0.2, 0.25) is 0 Å². The van der Waals surface area contributed by atoms with Crippen LogP contribution in [0.2, 0.25) is 0 Å². The highest BCUT2D eigenvalue weighted by molar-refractivity contribution is 5.82. The molecule has 1 radical (unpaired) electrons. The predicted molar refractivity (Wildman–Crippen MR) is 24.7 cm³/mol. The van der Waals surface area contributed by atoms with Crippen molar-refractivity contribution in [1.29, 1.82) is 0 Å². The van der Waals surface area contributed by atoms with E-state index in [1.54, 1.807) is 0 Å². The lowest BCUT2D eigenvalue weighted by atomic mass is 10.5. The highest BCUT2D eigenvalue weighted by Crippen LogP contribution is 1.93. The Labute approximate surface area is 41.3 Å². The Balaban J connectivity index is 2.52. The van der Waals surface area contributed by atoms with E-state index in [0.717, 1.165) is 6.42 Å². The molecule has 1 heterocycles. The maximum Gasteiger partial charge on any atom is 0.176 e. The molecule has 1 aliphatic heterocycles. The van der Waals surface area contributed by atoms with E-state index in [4.69, 9.17) is 0 Å². The van der Waals surface area contributed by atoms with Gasteiger partial charge in [-0.1, -0.05) is 6.92 Å². The van der Waals surface area contributed by atoms with Crippen LogP contribution in [-0.4, -0.2) is 5.84 Å². The summed E-state index contributed by atoms with van der Waals surface area (Å²) in [4.78, 5) is 0. The molecule has 0 bridgehead atoms. The van der Waals surface area contributed by atoms with Crippen molar-refractivity contribution in [2.24, 2.45) is 15.4 Å². The fraction of sp³-hybridized carbons (Fsp3) is 0.667. The van der Waals surface area contributed by atoms with Gasteiger partial charge in [-0.15, -0.1) is 10.2 Å². The zero-order valence-corrected chi connectivity index (χ0v) is 4.00. The Morgan fingerprint density at radius 2 is 2.43 bits per heavy atom. The van der Waals surface area contributed by atoms with Gasteiger partial charge < -0.3 is 0 Å². The molecule has 0 spiro atoms. The molecule has 0 aliphatic carbocycles. The summed E-state index contributed by atoms with van der Waals surface area (Å²) in [6.45, 7) is 1.96. The van der Waals surface area contributed by atoms with Crippen LogP contribution in [0, 0.1) is 0 Å². The molecule has 0 saturated carbocycles. The van der Waals surface area contributed by atoms with Crippen molar-refractivity contribution in [3.05, 3.63) is 0 Å². The van der Waals surface area contributed by atoms with Gasteiger partial charge in [-0.2, -0.15) is 0 Å². The van der Waals surface area contributed by atoms with Crippen LogP contribution in [0.25, 0.3) is 0 Å². The van der Waals surface area contributed by atoms with Crippen LogP contribution in [0.15, 0.2) is 15.4 Å². The number of nitrogens with zero attached hydrogens (tertiary/aromatic N) is 4. The fourth-order valence-corrected chi connectivity index (χ4v) is 0.305. The third-order valence-corrected chi connectivity index (χ3v) is 0.677. The molecule has 0 saturated heterocycles. The average molecular weight is 97.1 g/mol. The van der Waals surface area contributed by atoms with Gasteiger partial charge >= 0.3 is 0 Å². The summed E-state index contributed by atoms with van der Waals surface area (Å²) in [5.74, 6) is 0.708. The van der Waals surface area contributed by atoms with E-state index in [1.807, 2.05) is 6.92 Å². The molecule has 0 amide bonds. The second kappa shape index (κ2) is 1.68. The van der Waals surface area contributed by atoms with Crippen molar-refractivity contribution in [2.45, 2.75) is 13.3 Å². The molecule has 0 aromatic carbocycles. The summed E-state index contributed by atoms with van der Waals surface area (Å²) in [5, 5.41) is 10.4. The Morgan fingerprint density at radius 3 is 2.71 bits per heavy atom. The summed E-state index contributed by atoms with van der Waals surface area (Å²) < 4.78 is 0. The molecule has 0 aromatic heterocycles. The first kappa shape index (κ1) is 4.23. The molecule has 0 fully saturated rings. The fourth-order valence-electron chi connectivity index (χ4n) is 0.305. The van der Waals surface area contributed by atoms with Crippen molar-refractivity contribution in [1.82, 2.24) is 5.53 Å². The van der Waals surface area contributed by atoms with Gasteiger partial charge in [0.05, 0.1) is 0 Å². The van der Waals surface area contributed by atoms with Gasteiger partial charge in [-0.3, -0.25) is 0 Å². The SMILES string of the molecule is CCC1=N[N]N=N1. The summed E-state index contributed by atoms with van der Waals surface area (Å²) in [6.07, 6.45) is 0.812. The van der Waals surface area contributed by atoms with Gasteiger partial charge in [-0.25, -0.2) is 0 Å². The Hall–Kier alpha value is -0.930. The Bertz CT molecular complexity index is 114. The van der Waals surface area contributed by atoms with E-state index < -0.39 is 0 Å². The maximum atomic E-state index is 3.56. The molecule has 7 heavy (non-hydrogen) atoms. The second-order valence-electron chi connectivity index (χ2n) is 1.15. The highest BCUT2D eigenvalue weighted by Gasteiger charge is 1.97. The van der Waals surface area contributed by atoms with Crippen LogP contribution in [0.5, 0.6) is 0 Å². The lowest BCUT2D eigenvalue weighted by molar-refractivity contribution is 0.780. The van der Waals surface area contributed by atoms with E-state index in [2.05, 4.69) is 21.0 Å². The minimum atomic E-state index is 0.708. The molecule has 0 unspecified atom stereocenters. The van der Waals surface area contributed by atoms with Crippen LogP contribution in [0.1, 0.15) is 13.3 Å². The monoisotopic (exact) mass is 97.1 g/mol. The van der Waals surface area contributed by atoms with E-state index in [9.17, 15) is 0 Å². The van der Waals surface area contributed by atoms with Crippen molar-refractivity contribution in [2.75, 3.05) is 0 Å². The molecule has 37 valence electrons. The van der Waals surface area contributed by atoms with Crippen LogP contribution < -0.4 is 5.53 Å². The topological polar surface area (TPSA) is 51.2 Å². The molecular weight excluding hydrogens is 92.1 g/mol. The number of hydrogen-bond acceptors (Lipinski definition) is 3. The van der Waals surface area contributed by atoms with Gasteiger partial charge in [0.15, 0.2) is 5.84 Å². The second-order valence-corrected chi connectivity index (χ2v) is 1.15. The lowest BCUT2D eigenvalue weighted by Gasteiger charge is -1.75. The van der Waals surface area contributed by atoms with Gasteiger partial charge in [-0.05, 0) is 10.8 Å². The molecule has 4 heteroatoms. The third-order valence-electron chi connectivity index (χ3n) is 0.677. The summed E-state index contributed by atoms with van der Waals surface area (Å²) >= 11 is 0. The summed E-state index contributed by atoms with van der Waals surface area (Å²) in [7, 11) is 0. The average Bonchev–Trinajstić information content (AvgIpc) is 2.14. The molecule has 1 aliphatic rings. The first-order valence-corrected chi connectivity index (χ1v) is 2.11. The predicted octanol–water partition coefficient (Wildman–Crippen LogP) is 0.695. The molecule has 0 N–H and O–H groups in total. The van der Waals surface area contributed by atoms with Gasteiger partial charge in [0, 0.05) is 6.42 Å². The third kappa shape index (κ3) is 0.734. The first-order valence-electron chi connectivity index (χ1n) is 2.11. The molecular formula is C3H5N4. The minimum absolute atomic E-state index is 0.708. The van der Waals surface area contributed by atoms with Crippen molar-refractivity contribution in [3.8, 4) is 0 Å². The largest absolute Gasteiger partial charge is 0.176 e. The molecule has 0 atom stereocenters. The molecule has 4 nitrogen and oxygen atoms in total. The number of hydrogen-bond donors (Lipinski definition) is 0. The van der Waals surface area contributed by atoms with E-state index >= 15 is 0 Å². The van der Waals surface area contributed by atoms with Crippen molar-refractivity contribution in [3.63, 3.8) is 0 Å². The smallest absolute Gasteiger partial charge is 0.111 e. The van der Waals surface area contributed by atoms with Crippen molar-refractivity contribution < 1.29 is 0 Å². The van der Waals surface area contributed by atoms with Crippen LogP contribution in [-0.2, 0) is 0 Å². The quantitative estimate of drug-likeness (QED) is 0.462. The minimum Gasteiger partial charge on any atom is -0.111 e. The standard InChI is InChI=1S/C3H5N4/c1-2-3-4-6-7-5-3/h2H2,1H3. The first-order chi connectivity index (χ1) is 3.43. The zero-order valence-electron chi connectivity index (χ0n) is 4.00.